The molecule has 4 aromatic rings. The SMILES string of the molecule is CCCC1/C(=C\c2ccccc2)N(C(=O)OCc2ccccc2)/C(=N/C(=O)OCc2ccccc2)N1Cc1ccccc1. The van der Waals surface area contributed by atoms with Gasteiger partial charge in [-0.05, 0) is 34.8 Å². The van der Waals surface area contributed by atoms with Crippen LogP contribution in [0.3, 0.4) is 0 Å². The van der Waals surface area contributed by atoms with Gasteiger partial charge in [-0.1, -0.05) is 135 Å². The molecule has 0 aromatic heterocycles. The molecule has 7 nitrogen and oxygen atoms in total. The van der Waals surface area contributed by atoms with Crippen LogP contribution in [0.2, 0.25) is 0 Å². The third-order valence-electron chi connectivity index (χ3n) is 7.09. The van der Waals surface area contributed by atoms with Crippen molar-refractivity contribution >= 4 is 24.2 Å². The molecule has 0 spiro atoms. The number of carbonyl (C=O) groups is 2. The maximum Gasteiger partial charge on any atom is 0.437 e. The number of ether oxygens (including phenoxy) is 2. The average molecular weight is 574 g/mol. The number of carbonyl (C=O) groups excluding carboxylic acids is 2. The molecule has 2 amide bonds. The minimum absolute atomic E-state index is 0.0681. The smallest absolute Gasteiger partial charge is 0.437 e. The number of aliphatic imine (C=N–C) groups is 1. The standard InChI is InChI=1S/C36H35N3O4/c1-2-15-32-33(24-28-16-7-3-8-17-28)39(36(41)43-27-31-22-13-6-14-23-31)34(38(32)25-29-18-9-4-10-19-29)37-35(40)42-26-30-20-11-5-12-21-30/h3-14,16-24,32H,2,15,25-27H2,1H3/b33-24+,37-34+. The Kier molecular flexibility index (Phi) is 9.98. The van der Waals surface area contributed by atoms with Crippen LogP contribution in [0.25, 0.3) is 6.08 Å². The number of guanidine groups is 1. The second kappa shape index (κ2) is 14.6. The summed E-state index contributed by atoms with van der Waals surface area (Å²) in [6, 6.07) is 38.4. The number of hydrogen-bond acceptors (Lipinski definition) is 4. The van der Waals surface area contributed by atoms with Gasteiger partial charge in [-0.15, -0.1) is 4.99 Å². The first kappa shape index (κ1) is 29.3. The lowest BCUT2D eigenvalue weighted by Crippen LogP contribution is -2.39. The molecular formula is C36H35N3O4. The fraction of sp³-hybridized carbons (Fsp3) is 0.194. The second-order valence-corrected chi connectivity index (χ2v) is 10.2. The molecule has 7 heteroatoms. The van der Waals surface area contributed by atoms with E-state index in [9.17, 15) is 9.59 Å². The van der Waals surface area contributed by atoms with Crippen LogP contribution in [0.15, 0.2) is 132 Å². The highest BCUT2D eigenvalue weighted by Gasteiger charge is 2.44. The predicted molar refractivity (Wildman–Crippen MR) is 168 cm³/mol. The second-order valence-electron chi connectivity index (χ2n) is 10.2. The van der Waals surface area contributed by atoms with E-state index in [0.29, 0.717) is 12.2 Å². The van der Waals surface area contributed by atoms with Crippen LogP contribution in [0.5, 0.6) is 0 Å². The van der Waals surface area contributed by atoms with Crippen molar-refractivity contribution < 1.29 is 19.1 Å². The molecule has 5 rings (SSSR count). The van der Waals surface area contributed by atoms with E-state index >= 15 is 0 Å². The van der Waals surface area contributed by atoms with Gasteiger partial charge in [0.1, 0.15) is 13.2 Å². The molecule has 1 saturated heterocycles. The lowest BCUT2D eigenvalue weighted by Gasteiger charge is -2.25. The Morgan fingerprint density at radius 3 is 1.79 bits per heavy atom. The maximum atomic E-state index is 13.9. The monoisotopic (exact) mass is 573 g/mol. The molecule has 0 bridgehead atoms. The zero-order chi connectivity index (χ0) is 29.9. The summed E-state index contributed by atoms with van der Waals surface area (Å²) in [4.78, 5) is 35.0. The van der Waals surface area contributed by atoms with E-state index in [1.165, 1.54) is 4.90 Å². The summed E-state index contributed by atoms with van der Waals surface area (Å²) in [7, 11) is 0. The molecule has 1 aliphatic heterocycles. The van der Waals surface area contributed by atoms with Crippen molar-refractivity contribution in [3.63, 3.8) is 0 Å². The highest BCUT2D eigenvalue weighted by Crippen LogP contribution is 2.34. The number of hydrogen-bond donors (Lipinski definition) is 0. The van der Waals surface area contributed by atoms with Gasteiger partial charge in [-0.3, -0.25) is 0 Å². The van der Waals surface area contributed by atoms with Crippen molar-refractivity contribution in [3.8, 4) is 0 Å². The van der Waals surface area contributed by atoms with Gasteiger partial charge in [0.05, 0.1) is 11.7 Å². The van der Waals surface area contributed by atoms with Crippen molar-refractivity contribution in [1.29, 1.82) is 0 Å². The van der Waals surface area contributed by atoms with Gasteiger partial charge < -0.3 is 14.4 Å². The fourth-order valence-electron chi connectivity index (χ4n) is 5.03. The van der Waals surface area contributed by atoms with Crippen LogP contribution in [-0.2, 0) is 29.2 Å². The summed E-state index contributed by atoms with van der Waals surface area (Å²) in [6.45, 7) is 2.68. The van der Waals surface area contributed by atoms with Gasteiger partial charge in [0, 0.05) is 6.54 Å². The van der Waals surface area contributed by atoms with Gasteiger partial charge >= 0.3 is 12.2 Å². The van der Waals surface area contributed by atoms with Crippen LogP contribution in [-0.4, -0.2) is 34.0 Å². The summed E-state index contributed by atoms with van der Waals surface area (Å²) in [5, 5.41) is 0. The van der Waals surface area contributed by atoms with E-state index in [2.05, 4.69) is 11.9 Å². The molecule has 0 N–H and O–H groups in total. The Morgan fingerprint density at radius 2 is 1.23 bits per heavy atom. The number of rotatable bonds is 9. The van der Waals surface area contributed by atoms with Crippen molar-refractivity contribution in [3.05, 3.63) is 149 Å². The molecule has 1 aliphatic rings. The van der Waals surface area contributed by atoms with E-state index in [1.807, 2.05) is 132 Å². The Labute approximate surface area is 252 Å². The highest BCUT2D eigenvalue weighted by atomic mass is 16.6. The lowest BCUT2D eigenvalue weighted by molar-refractivity contribution is 0.123. The van der Waals surface area contributed by atoms with Crippen molar-refractivity contribution in [2.75, 3.05) is 0 Å². The van der Waals surface area contributed by atoms with Crippen LogP contribution < -0.4 is 0 Å². The van der Waals surface area contributed by atoms with Crippen LogP contribution in [0.4, 0.5) is 9.59 Å². The molecule has 4 aromatic carbocycles. The van der Waals surface area contributed by atoms with Gasteiger partial charge in [0.15, 0.2) is 0 Å². The zero-order valence-electron chi connectivity index (χ0n) is 24.2. The van der Waals surface area contributed by atoms with Crippen LogP contribution in [0, 0.1) is 0 Å². The minimum Gasteiger partial charge on any atom is -0.444 e. The summed E-state index contributed by atoms with van der Waals surface area (Å²) in [5.74, 6) is 0.181. The molecule has 1 atom stereocenters. The van der Waals surface area contributed by atoms with E-state index in [1.54, 1.807) is 0 Å². The van der Waals surface area contributed by atoms with Crippen molar-refractivity contribution in [1.82, 2.24) is 9.80 Å². The van der Waals surface area contributed by atoms with E-state index in [-0.39, 0.29) is 25.2 Å². The molecule has 0 radical (unpaired) electrons. The van der Waals surface area contributed by atoms with E-state index < -0.39 is 12.2 Å². The van der Waals surface area contributed by atoms with Gasteiger partial charge in [0.2, 0.25) is 5.96 Å². The first-order valence-corrected chi connectivity index (χ1v) is 14.5. The summed E-state index contributed by atoms with van der Waals surface area (Å²) < 4.78 is 11.4. The van der Waals surface area contributed by atoms with Gasteiger partial charge in [-0.2, -0.15) is 0 Å². The molecule has 1 unspecified atom stereocenters. The summed E-state index contributed by atoms with van der Waals surface area (Å²) in [5.41, 5.74) is 4.34. The maximum absolute atomic E-state index is 13.9. The summed E-state index contributed by atoms with van der Waals surface area (Å²) in [6.07, 6.45) is 2.15. The molecule has 0 aliphatic carbocycles. The van der Waals surface area contributed by atoms with Crippen molar-refractivity contribution in [2.24, 2.45) is 4.99 Å². The first-order valence-electron chi connectivity index (χ1n) is 14.5. The third kappa shape index (κ3) is 7.77. The van der Waals surface area contributed by atoms with Crippen LogP contribution in [0.1, 0.15) is 42.0 Å². The molecule has 0 saturated carbocycles. The number of benzene rings is 4. The first-order chi connectivity index (χ1) is 21.1. The third-order valence-corrected chi connectivity index (χ3v) is 7.09. The Bertz CT molecular complexity index is 1540. The normalized spacial score (nSPS) is 16.4. The largest absolute Gasteiger partial charge is 0.444 e. The fourth-order valence-corrected chi connectivity index (χ4v) is 5.03. The molecule has 1 heterocycles. The van der Waals surface area contributed by atoms with E-state index in [4.69, 9.17) is 9.47 Å². The predicted octanol–water partition coefficient (Wildman–Crippen LogP) is 8.04. The quantitative estimate of drug-likeness (QED) is 0.203. The number of amides is 2. The molecule has 218 valence electrons. The zero-order valence-corrected chi connectivity index (χ0v) is 24.2. The van der Waals surface area contributed by atoms with E-state index in [0.717, 1.165) is 35.1 Å². The Morgan fingerprint density at radius 1 is 0.721 bits per heavy atom. The molecule has 43 heavy (non-hydrogen) atoms. The Hall–Kier alpha value is -5.17. The topological polar surface area (TPSA) is 71.4 Å². The molecular weight excluding hydrogens is 538 g/mol. The lowest BCUT2D eigenvalue weighted by atomic mass is 10.0. The summed E-state index contributed by atoms with van der Waals surface area (Å²) >= 11 is 0. The van der Waals surface area contributed by atoms with Crippen molar-refractivity contribution in [2.45, 2.75) is 45.6 Å². The van der Waals surface area contributed by atoms with Crippen LogP contribution >= 0.6 is 0 Å². The highest BCUT2D eigenvalue weighted by molar-refractivity contribution is 6.03. The van der Waals surface area contributed by atoms with Gasteiger partial charge in [-0.25, -0.2) is 14.5 Å². The average Bonchev–Trinajstić information content (AvgIpc) is 3.31. The minimum atomic E-state index is -0.783. The molecule has 1 fully saturated rings. The Balaban J connectivity index is 1.55. The van der Waals surface area contributed by atoms with Gasteiger partial charge in [0.25, 0.3) is 0 Å². The number of nitrogens with zero attached hydrogens (tertiary/aromatic N) is 3.